The van der Waals surface area contributed by atoms with E-state index in [1.807, 2.05) is 246 Å². The lowest BCUT2D eigenvalue weighted by molar-refractivity contribution is -0.132. The second-order valence-corrected chi connectivity index (χ2v) is 32.0. The number of carbonyl (C=O) groups excluding carboxylic acids is 4. The quantitative estimate of drug-likeness (QED) is 0.0260. The van der Waals surface area contributed by atoms with Crippen LogP contribution in [0.3, 0.4) is 0 Å². The van der Waals surface area contributed by atoms with E-state index in [1.54, 1.807) is 48.5 Å². The number of carbonyl (C=O) groups is 8. The monoisotopic (exact) mass is 1660 g/mol. The molecule has 4 heterocycles. The van der Waals surface area contributed by atoms with Gasteiger partial charge in [-0.3, -0.25) is 19.2 Å². The zero-order chi connectivity index (χ0) is 85.0. The zero-order valence-corrected chi connectivity index (χ0v) is 67.8. The van der Waals surface area contributed by atoms with Gasteiger partial charge in [0.05, 0.1) is 19.5 Å². The van der Waals surface area contributed by atoms with Crippen molar-refractivity contribution < 1.29 is 79.2 Å². The van der Waals surface area contributed by atoms with Crippen LogP contribution in [0.4, 0.5) is 0 Å². The highest BCUT2D eigenvalue weighted by molar-refractivity contribution is 7.23. The van der Waals surface area contributed by atoms with Crippen molar-refractivity contribution >= 4 is 157 Å². The van der Waals surface area contributed by atoms with Crippen LogP contribution in [0.1, 0.15) is 105 Å². The molecule has 0 bridgehead atoms. The van der Waals surface area contributed by atoms with Crippen molar-refractivity contribution in [2.24, 2.45) is 0 Å². The van der Waals surface area contributed by atoms with Gasteiger partial charge in [0.25, 0.3) is 0 Å². The van der Waals surface area contributed by atoms with Crippen LogP contribution in [0.5, 0.6) is 23.0 Å². The summed E-state index contributed by atoms with van der Waals surface area (Å²) in [5.74, 6) is -3.65. The van der Waals surface area contributed by atoms with Crippen LogP contribution in [-0.4, -0.2) is 87.9 Å². The molecule has 120 heavy (non-hydrogen) atoms. The molecule has 0 aliphatic rings. The highest BCUT2D eigenvalue weighted by atomic mass is 32.1. The zero-order valence-electron chi connectivity index (χ0n) is 64.5. The SMILES string of the molecule is Cc1ccc(C(=O)c2sc3cc(O)ccc3c2-c2ccc(/C=C/C(=O)O)cc2)cc1.Cc1ccccc1C(=O)c1sc2cc(O)ccc2c1-c1ccc(/C=C/C(=O)O)cc1.Cc1ccccc1C(=O)c1sc2cc(O)ccc2c1-c1ccc(/C=C/C(=O)O)cc1.Cc1ccccc1C(=O)c1sc2cc(O)ccc2c1-c1ccc(/C=C/C(=O)O)cc1. The van der Waals surface area contributed by atoms with Gasteiger partial charge >= 0.3 is 23.9 Å². The van der Waals surface area contributed by atoms with Gasteiger partial charge in [0.2, 0.25) is 23.1 Å². The summed E-state index contributed by atoms with van der Waals surface area (Å²) in [5.41, 5.74) is 16.1. The van der Waals surface area contributed by atoms with Crippen molar-refractivity contribution in [2.45, 2.75) is 27.7 Å². The third-order valence-corrected chi connectivity index (χ3v) is 24.1. The van der Waals surface area contributed by atoms with Gasteiger partial charge in [0.15, 0.2) is 0 Å². The Morgan fingerprint density at radius 3 is 0.708 bits per heavy atom. The standard InChI is InChI=1S/4C25H18O4S/c1-15-2-7-18(8-3-15)24(29)25-23(20-12-11-19(26)14-21(20)30-25)17-9-4-16(5-10-17)6-13-22(27)28;3*1-15-4-2-3-5-19(15)24(29)25-23(20-12-11-18(26)14-21(20)30-25)17-9-6-16(7-10-17)8-13-22(27)28/h4*2-14,26H,1H3,(H,27,28)/b13-6+;3*13-8+. The third kappa shape index (κ3) is 19.3. The second kappa shape index (κ2) is 37.0. The van der Waals surface area contributed by atoms with Gasteiger partial charge in [-0.25, -0.2) is 19.2 Å². The molecule has 0 atom stereocenters. The number of phenols is 4. The van der Waals surface area contributed by atoms with Gasteiger partial charge in [0.1, 0.15) is 23.0 Å². The van der Waals surface area contributed by atoms with E-state index in [0.29, 0.717) is 41.8 Å². The van der Waals surface area contributed by atoms with E-state index in [9.17, 15) is 58.8 Å². The number of aryl methyl sites for hydroxylation is 4. The third-order valence-electron chi connectivity index (χ3n) is 19.5. The minimum absolute atomic E-state index is 0.0568. The average Bonchev–Trinajstić information content (AvgIpc) is 1.63. The number of rotatable bonds is 20. The molecule has 0 radical (unpaired) electrons. The van der Waals surface area contributed by atoms with Crippen LogP contribution in [0.15, 0.2) is 291 Å². The van der Waals surface area contributed by atoms with Gasteiger partial charge in [-0.15, -0.1) is 45.3 Å². The van der Waals surface area contributed by atoms with Crippen molar-refractivity contribution in [3.63, 3.8) is 0 Å². The molecule has 4 aromatic heterocycles. The minimum atomic E-state index is -1.01. The number of carboxylic acid groups (broad SMARTS) is 4. The van der Waals surface area contributed by atoms with Crippen molar-refractivity contribution in [3.05, 3.63) is 377 Å². The van der Waals surface area contributed by atoms with Gasteiger partial charge in [-0.1, -0.05) is 200 Å². The fourth-order valence-corrected chi connectivity index (χ4v) is 18.4. The molecule has 0 fully saturated rings. The first-order valence-corrected chi connectivity index (χ1v) is 40.5. The van der Waals surface area contributed by atoms with Gasteiger partial charge in [-0.05, 0) is 186 Å². The Labute approximate surface area is 704 Å². The number of carboxylic acids is 4. The fourth-order valence-electron chi connectivity index (χ4n) is 13.5. The molecule has 0 saturated carbocycles. The van der Waals surface area contributed by atoms with E-state index in [4.69, 9.17) is 20.4 Å². The van der Waals surface area contributed by atoms with Gasteiger partial charge in [0, 0.05) is 109 Å². The first kappa shape index (κ1) is 83.2. The summed E-state index contributed by atoms with van der Waals surface area (Å²) < 4.78 is 3.32. The summed E-state index contributed by atoms with van der Waals surface area (Å²) in [4.78, 5) is 99.0. The number of ketones is 4. The molecule has 0 spiro atoms. The summed E-state index contributed by atoms with van der Waals surface area (Å²) in [6.07, 6.45) is 10.4. The van der Waals surface area contributed by atoms with Crippen LogP contribution >= 0.6 is 45.3 Å². The Balaban J connectivity index is 0.000000138. The maximum Gasteiger partial charge on any atom is 0.328 e. The molecule has 16 aromatic rings. The van der Waals surface area contributed by atoms with Crippen LogP contribution in [-0.2, 0) is 19.2 Å². The largest absolute Gasteiger partial charge is 0.508 e. The fraction of sp³-hybridized carbons (Fsp3) is 0.0400. The Morgan fingerprint density at radius 1 is 0.258 bits per heavy atom. The number of hydrogen-bond acceptors (Lipinski definition) is 16. The summed E-state index contributed by atoms with van der Waals surface area (Å²) >= 11 is 5.44. The summed E-state index contributed by atoms with van der Waals surface area (Å²) in [6.45, 7) is 7.71. The Hall–Kier alpha value is -14.8. The number of benzene rings is 12. The van der Waals surface area contributed by atoms with Gasteiger partial charge < -0.3 is 40.9 Å². The molecule has 0 amide bonds. The smallest absolute Gasteiger partial charge is 0.328 e. The van der Waals surface area contributed by atoms with Crippen molar-refractivity contribution in [2.75, 3.05) is 0 Å². The number of thiophene rings is 4. The van der Waals surface area contributed by atoms with E-state index in [1.165, 1.54) is 69.7 Å². The molecule has 16 rings (SSSR count). The molecule has 12 aromatic carbocycles. The lowest BCUT2D eigenvalue weighted by Gasteiger charge is -2.08. The molecule has 16 nitrogen and oxygen atoms in total. The maximum atomic E-state index is 13.4. The molecule has 0 aliphatic carbocycles. The number of phenolic OH excluding ortho intramolecular Hbond substituents is 4. The van der Waals surface area contributed by atoms with E-state index in [2.05, 4.69) is 0 Å². The normalized spacial score (nSPS) is 11.2. The average molecular weight is 1660 g/mol. The Morgan fingerprint density at radius 2 is 0.483 bits per heavy atom. The highest BCUT2D eigenvalue weighted by Gasteiger charge is 2.27. The summed E-state index contributed by atoms with van der Waals surface area (Å²) in [5, 5.41) is 78.4. The number of fused-ring (bicyclic) bond motifs is 4. The number of aromatic hydroxyl groups is 4. The predicted octanol–water partition coefficient (Wildman–Crippen LogP) is 23.6. The lowest BCUT2D eigenvalue weighted by atomic mass is 9.96. The van der Waals surface area contributed by atoms with Crippen LogP contribution < -0.4 is 0 Å². The molecule has 0 aliphatic heterocycles. The Kier molecular flexibility index (Phi) is 25.6. The van der Waals surface area contributed by atoms with Crippen LogP contribution in [0.25, 0.3) is 109 Å². The number of hydrogen-bond donors (Lipinski definition) is 8. The molecule has 592 valence electrons. The molecule has 20 heteroatoms. The molecule has 0 unspecified atom stereocenters. The summed E-state index contributed by atoms with van der Waals surface area (Å²) in [6, 6.07) is 79.9. The molecule has 0 saturated heterocycles. The van der Waals surface area contributed by atoms with Crippen LogP contribution in [0.2, 0.25) is 0 Å². The molecular formula is C100H72O16S4. The summed E-state index contributed by atoms with van der Waals surface area (Å²) in [7, 11) is 0. The van der Waals surface area contributed by atoms with E-state index >= 15 is 0 Å². The van der Waals surface area contributed by atoms with E-state index in [-0.39, 0.29) is 46.1 Å². The lowest BCUT2D eigenvalue weighted by Crippen LogP contribution is -2.02. The molecule has 8 N–H and O–H groups in total. The maximum absolute atomic E-state index is 13.4. The van der Waals surface area contributed by atoms with E-state index < -0.39 is 23.9 Å². The van der Waals surface area contributed by atoms with E-state index in [0.717, 1.165) is 154 Å². The van der Waals surface area contributed by atoms with Crippen molar-refractivity contribution in [3.8, 4) is 67.5 Å². The van der Waals surface area contributed by atoms with Crippen molar-refractivity contribution in [1.82, 2.24) is 0 Å². The minimum Gasteiger partial charge on any atom is -0.508 e. The topological polar surface area (TPSA) is 298 Å². The first-order chi connectivity index (χ1) is 57.7. The van der Waals surface area contributed by atoms with Crippen molar-refractivity contribution in [1.29, 1.82) is 0 Å². The Bertz CT molecular complexity index is 6320. The first-order valence-electron chi connectivity index (χ1n) is 37.2. The number of aliphatic carboxylic acids is 4. The van der Waals surface area contributed by atoms with Gasteiger partial charge in [-0.2, -0.15) is 0 Å². The second-order valence-electron chi connectivity index (χ2n) is 27.7. The highest BCUT2D eigenvalue weighted by Crippen LogP contribution is 2.47. The predicted molar refractivity (Wildman–Crippen MR) is 481 cm³/mol. The van der Waals surface area contributed by atoms with Crippen LogP contribution in [0, 0.1) is 27.7 Å². The molecular weight excluding hydrogens is 1590 g/mol.